The van der Waals surface area contributed by atoms with Crippen LogP contribution in [0.5, 0.6) is 0 Å². The number of benzene rings is 1. The van der Waals surface area contributed by atoms with Crippen LogP contribution in [0.25, 0.3) is 11.0 Å². The molecular formula is C17H24FN3O3. The first-order valence-corrected chi connectivity index (χ1v) is 7.97. The Balaban J connectivity index is 0.00000139. The number of nitrogens with one attached hydrogen (secondary N) is 1. The molecule has 1 aromatic heterocycles. The fraction of sp³-hybridized carbons (Fsp3) is 0.471. The van der Waals surface area contributed by atoms with Crippen LogP contribution in [0.3, 0.4) is 0 Å². The Morgan fingerprint density at radius 3 is 2.54 bits per heavy atom. The highest BCUT2D eigenvalue weighted by molar-refractivity contribution is 5.85. The first-order valence-electron chi connectivity index (χ1n) is 7.97. The highest BCUT2D eigenvalue weighted by Gasteiger charge is 2.20. The molecule has 1 aromatic carbocycles. The minimum atomic E-state index is -0.470. The van der Waals surface area contributed by atoms with E-state index < -0.39 is 11.7 Å². The summed E-state index contributed by atoms with van der Waals surface area (Å²) in [5, 5.41) is 2.04. The number of hydrogen-bond donors (Lipinski definition) is 1. The third-order valence-corrected chi connectivity index (χ3v) is 3.82. The maximum absolute atomic E-state index is 14.2. The molecule has 0 bridgehead atoms. The van der Waals surface area contributed by atoms with E-state index in [9.17, 15) is 18.8 Å². The van der Waals surface area contributed by atoms with Crippen LogP contribution in [0.1, 0.15) is 45.2 Å². The fourth-order valence-electron chi connectivity index (χ4n) is 2.68. The summed E-state index contributed by atoms with van der Waals surface area (Å²) in [6.07, 6.45) is 0.725. The molecule has 2 rings (SSSR count). The predicted molar refractivity (Wildman–Crippen MR) is 91.4 cm³/mol. The Labute approximate surface area is 140 Å². The topological polar surface area (TPSA) is 73.1 Å². The smallest absolute Gasteiger partial charge is 0.299 e. The standard InChI is InChI=1S/C15H18FN3O3.C2H6/c1-9-4-6-11(16)14-13(9)18(3)15(22)19(14)10(2)5-7-12(21)17-8-20;1-2/h4,6,8,10H,5,7H2,1-3H3,(H,17,20,21);1-2H3. The monoisotopic (exact) mass is 337 g/mol. The first-order chi connectivity index (χ1) is 11.4. The number of halogens is 1. The van der Waals surface area contributed by atoms with Gasteiger partial charge in [-0.25, -0.2) is 9.18 Å². The first kappa shape index (κ1) is 19.6. The van der Waals surface area contributed by atoms with Crippen LogP contribution in [0.4, 0.5) is 4.39 Å². The van der Waals surface area contributed by atoms with Crippen molar-refractivity contribution in [2.75, 3.05) is 0 Å². The van der Waals surface area contributed by atoms with Gasteiger partial charge in [0.05, 0.1) is 5.52 Å². The lowest BCUT2D eigenvalue weighted by atomic mass is 10.1. The van der Waals surface area contributed by atoms with Crippen LogP contribution in [-0.4, -0.2) is 21.5 Å². The number of nitrogens with zero attached hydrogens (tertiary/aromatic N) is 2. The van der Waals surface area contributed by atoms with Crippen molar-refractivity contribution in [1.82, 2.24) is 14.5 Å². The van der Waals surface area contributed by atoms with E-state index in [1.54, 1.807) is 20.0 Å². The summed E-state index contributed by atoms with van der Waals surface area (Å²) in [6, 6.07) is 2.59. The van der Waals surface area contributed by atoms with E-state index in [2.05, 4.69) is 0 Å². The number of hydrogen-bond acceptors (Lipinski definition) is 3. The lowest BCUT2D eigenvalue weighted by Gasteiger charge is -2.13. The summed E-state index contributed by atoms with van der Waals surface area (Å²) < 4.78 is 17.0. The lowest BCUT2D eigenvalue weighted by molar-refractivity contribution is -0.125. The molecule has 1 atom stereocenters. The zero-order chi connectivity index (χ0) is 18.4. The van der Waals surface area contributed by atoms with E-state index in [-0.39, 0.29) is 23.7 Å². The van der Waals surface area contributed by atoms with Gasteiger partial charge in [0.25, 0.3) is 0 Å². The molecule has 0 aliphatic carbocycles. The Morgan fingerprint density at radius 2 is 1.96 bits per heavy atom. The molecule has 1 N–H and O–H groups in total. The largest absolute Gasteiger partial charge is 0.329 e. The van der Waals surface area contributed by atoms with Gasteiger partial charge in [-0.3, -0.25) is 24.0 Å². The Bertz CT molecular complexity index is 792. The highest BCUT2D eigenvalue weighted by atomic mass is 19.1. The van der Waals surface area contributed by atoms with E-state index >= 15 is 0 Å². The maximum Gasteiger partial charge on any atom is 0.329 e. The second-order valence-corrected chi connectivity index (χ2v) is 5.35. The van der Waals surface area contributed by atoms with Crippen molar-refractivity contribution < 1.29 is 14.0 Å². The van der Waals surface area contributed by atoms with Crippen molar-refractivity contribution in [1.29, 1.82) is 0 Å². The van der Waals surface area contributed by atoms with Gasteiger partial charge in [-0.2, -0.15) is 0 Å². The molecule has 24 heavy (non-hydrogen) atoms. The summed E-state index contributed by atoms with van der Waals surface area (Å²) in [7, 11) is 1.60. The molecule has 0 saturated heterocycles. The van der Waals surface area contributed by atoms with Gasteiger partial charge in [0.15, 0.2) is 0 Å². The van der Waals surface area contributed by atoms with E-state index in [0.29, 0.717) is 18.3 Å². The number of amides is 2. The number of aromatic nitrogens is 2. The molecule has 2 aromatic rings. The summed E-state index contributed by atoms with van der Waals surface area (Å²) in [5.74, 6) is -0.894. The summed E-state index contributed by atoms with van der Waals surface area (Å²) >= 11 is 0. The molecule has 2 amide bonds. The van der Waals surface area contributed by atoms with Crippen molar-refractivity contribution in [3.8, 4) is 0 Å². The van der Waals surface area contributed by atoms with Gasteiger partial charge in [0.1, 0.15) is 11.3 Å². The molecule has 0 saturated carbocycles. The quantitative estimate of drug-likeness (QED) is 0.852. The number of fused-ring (bicyclic) bond motifs is 1. The van der Waals surface area contributed by atoms with Gasteiger partial charge in [-0.15, -0.1) is 0 Å². The number of imide groups is 1. The van der Waals surface area contributed by atoms with Crippen molar-refractivity contribution in [2.45, 2.75) is 46.6 Å². The van der Waals surface area contributed by atoms with E-state index in [4.69, 9.17) is 0 Å². The minimum Gasteiger partial charge on any atom is -0.299 e. The number of aryl methyl sites for hydroxylation is 2. The number of carbonyl (C=O) groups is 2. The molecule has 132 valence electrons. The average molecular weight is 337 g/mol. The molecule has 1 heterocycles. The van der Waals surface area contributed by atoms with Crippen LogP contribution in [0, 0.1) is 12.7 Å². The predicted octanol–water partition coefficient (Wildman–Crippen LogP) is 2.43. The van der Waals surface area contributed by atoms with Crippen LogP contribution in [0.15, 0.2) is 16.9 Å². The van der Waals surface area contributed by atoms with Crippen LogP contribution in [-0.2, 0) is 16.6 Å². The second-order valence-electron chi connectivity index (χ2n) is 5.35. The zero-order valence-corrected chi connectivity index (χ0v) is 14.7. The molecule has 0 radical (unpaired) electrons. The lowest BCUT2D eigenvalue weighted by Crippen LogP contribution is -2.27. The molecule has 0 spiro atoms. The summed E-state index contributed by atoms with van der Waals surface area (Å²) in [4.78, 5) is 34.0. The number of rotatable bonds is 5. The number of carbonyl (C=O) groups excluding carboxylic acids is 2. The van der Waals surface area contributed by atoms with Crippen molar-refractivity contribution in [3.63, 3.8) is 0 Å². The zero-order valence-electron chi connectivity index (χ0n) is 14.7. The average Bonchev–Trinajstić information content (AvgIpc) is 2.84. The second kappa shape index (κ2) is 8.42. The molecule has 0 fully saturated rings. The summed E-state index contributed by atoms with van der Waals surface area (Å²) in [5.41, 5.74) is 1.28. The molecule has 6 nitrogen and oxygen atoms in total. The van der Waals surface area contributed by atoms with Crippen molar-refractivity contribution in [3.05, 3.63) is 34.0 Å². The van der Waals surface area contributed by atoms with Gasteiger partial charge < -0.3 is 0 Å². The normalized spacial score (nSPS) is 11.6. The van der Waals surface area contributed by atoms with E-state index in [1.807, 2.05) is 26.1 Å². The maximum atomic E-state index is 14.2. The van der Waals surface area contributed by atoms with Gasteiger partial charge >= 0.3 is 5.69 Å². The van der Waals surface area contributed by atoms with Gasteiger partial charge in [-0.05, 0) is 31.9 Å². The van der Waals surface area contributed by atoms with E-state index in [0.717, 1.165) is 5.56 Å². The minimum absolute atomic E-state index is 0.0795. The van der Waals surface area contributed by atoms with Crippen LogP contribution < -0.4 is 11.0 Å². The molecule has 0 aliphatic rings. The third-order valence-electron chi connectivity index (χ3n) is 3.82. The third kappa shape index (κ3) is 3.72. The fourth-order valence-corrected chi connectivity index (χ4v) is 2.68. The molecular weight excluding hydrogens is 313 g/mol. The molecule has 1 unspecified atom stereocenters. The molecule has 7 heteroatoms. The summed E-state index contributed by atoms with van der Waals surface area (Å²) in [6.45, 7) is 7.56. The Morgan fingerprint density at radius 1 is 1.33 bits per heavy atom. The van der Waals surface area contributed by atoms with Gasteiger partial charge in [0.2, 0.25) is 12.3 Å². The molecule has 0 aliphatic heterocycles. The van der Waals surface area contributed by atoms with E-state index in [1.165, 1.54) is 15.2 Å². The van der Waals surface area contributed by atoms with Gasteiger partial charge in [0, 0.05) is 19.5 Å². The van der Waals surface area contributed by atoms with Crippen LogP contribution >= 0.6 is 0 Å². The Kier molecular flexibility index (Phi) is 6.88. The van der Waals surface area contributed by atoms with Crippen molar-refractivity contribution in [2.24, 2.45) is 7.05 Å². The Hall–Kier alpha value is -2.44. The SMILES string of the molecule is CC.Cc1ccc(F)c2c1n(C)c(=O)n2C(C)CCC(=O)NC=O. The highest BCUT2D eigenvalue weighted by Crippen LogP contribution is 2.24. The van der Waals surface area contributed by atoms with Gasteiger partial charge in [-0.1, -0.05) is 19.9 Å². The van der Waals surface area contributed by atoms with Crippen molar-refractivity contribution >= 4 is 23.4 Å². The van der Waals surface area contributed by atoms with Crippen LogP contribution in [0.2, 0.25) is 0 Å². The number of imidazole rings is 1.